The first-order chi connectivity index (χ1) is 13.7. The molecule has 1 aliphatic rings. The summed E-state index contributed by atoms with van der Waals surface area (Å²) in [6.07, 6.45) is 0.228. The zero-order chi connectivity index (χ0) is 20.8. The third kappa shape index (κ3) is 3.74. The molecule has 2 atom stereocenters. The maximum Gasteiger partial charge on any atom is 0.417 e. The average molecular weight is 404 g/mol. The molecule has 4 rings (SSSR count). The van der Waals surface area contributed by atoms with Crippen LogP contribution in [0.1, 0.15) is 18.9 Å². The SMILES string of the molecule is CC1CC(C(N)=O)CN(c2ccnc(-c3cnc4ccc(C(F)(F)F)cn34)n2)C1. The normalized spacial score (nSPS) is 20.2. The van der Waals surface area contributed by atoms with Crippen LogP contribution in [0.5, 0.6) is 0 Å². The molecule has 2 N–H and O–H groups in total. The topological polar surface area (TPSA) is 89.4 Å². The highest BCUT2D eigenvalue weighted by atomic mass is 19.4. The number of carbonyl (C=O) groups excluding carboxylic acids is 1. The molecule has 3 aromatic heterocycles. The van der Waals surface area contributed by atoms with E-state index in [4.69, 9.17) is 5.73 Å². The number of rotatable bonds is 3. The summed E-state index contributed by atoms with van der Waals surface area (Å²) in [6, 6.07) is 4.01. The van der Waals surface area contributed by atoms with Crippen LogP contribution in [0.2, 0.25) is 0 Å². The number of aromatic nitrogens is 4. The largest absolute Gasteiger partial charge is 0.417 e. The van der Waals surface area contributed by atoms with E-state index < -0.39 is 11.7 Å². The maximum absolute atomic E-state index is 13.1. The van der Waals surface area contributed by atoms with Crippen LogP contribution in [0.3, 0.4) is 0 Å². The van der Waals surface area contributed by atoms with Gasteiger partial charge in [-0.1, -0.05) is 6.92 Å². The summed E-state index contributed by atoms with van der Waals surface area (Å²) in [4.78, 5) is 26.5. The minimum atomic E-state index is -4.47. The van der Waals surface area contributed by atoms with Gasteiger partial charge in [-0.2, -0.15) is 13.2 Å². The smallest absolute Gasteiger partial charge is 0.369 e. The monoisotopic (exact) mass is 404 g/mol. The van der Waals surface area contributed by atoms with E-state index in [9.17, 15) is 18.0 Å². The number of halogens is 3. The standard InChI is InChI=1S/C19H19F3N6O/c1-11-6-12(17(23)29)9-27(8-11)16-4-5-24-18(26-16)14-7-25-15-3-2-13(10-28(14)15)19(20,21)22/h2-5,7,10-12H,6,8-9H2,1H3,(H2,23,29). The van der Waals surface area contributed by atoms with Crippen molar-refractivity contribution in [3.63, 3.8) is 0 Å². The van der Waals surface area contributed by atoms with E-state index in [2.05, 4.69) is 15.0 Å². The van der Waals surface area contributed by atoms with E-state index in [1.165, 1.54) is 16.7 Å². The van der Waals surface area contributed by atoms with Crippen molar-refractivity contribution in [2.45, 2.75) is 19.5 Å². The molecular weight excluding hydrogens is 385 g/mol. The summed E-state index contributed by atoms with van der Waals surface area (Å²) in [5.41, 5.74) is 5.42. The number of primary amides is 1. The van der Waals surface area contributed by atoms with Gasteiger partial charge in [0.2, 0.25) is 5.91 Å². The lowest BCUT2D eigenvalue weighted by molar-refractivity contribution is -0.137. The molecule has 1 fully saturated rings. The van der Waals surface area contributed by atoms with Crippen molar-refractivity contribution >= 4 is 17.4 Å². The van der Waals surface area contributed by atoms with Crippen LogP contribution < -0.4 is 10.6 Å². The molecule has 10 heteroatoms. The average Bonchev–Trinajstić information content (AvgIpc) is 3.10. The van der Waals surface area contributed by atoms with E-state index in [-0.39, 0.29) is 23.6 Å². The number of hydrogen-bond acceptors (Lipinski definition) is 5. The number of pyridine rings is 1. The Morgan fingerprint density at radius 2 is 2.00 bits per heavy atom. The molecule has 1 saturated heterocycles. The molecule has 152 valence electrons. The first kappa shape index (κ1) is 19.2. The van der Waals surface area contributed by atoms with Crippen LogP contribution in [0.4, 0.5) is 19.0 Å². The predicted molar refractivity (Wildman–Crippen MR) is 99.9 cm³/mol. The summed E-state index contributed by atoms with van der Waals surface area (Å²) < 4.78 is 40.6. The quantitative estimate of drug-likeness (QED) is 0.725. The van der Waals surface area contributed by atoms with Gasteiger partial charge in [0.05, 0.1) is 17.7 Å². The molecule has 0 saturated carbocycles. The van der Waals surface area contributed by atoms with Crippen molar-refractivity contribution in [3.05, 3.63) is 42.4 Å². The summed E-state index contributed by atoms with van der Waals surface area (Å²) in [5, 5.41) is 0. The Morgan fingerprint density at radius 1 is 1.21 bits per heavy atom. The molecule has 1 aliphatic heterocycles. The van der Waals surface area contributed by atoms with E-state index in [1.54, 1.807) is 12.3 Å². The molecule has 1 amide bonds. The Kier molecular flexibility index (Phi) is 4.64. The molecule has 3 aromatic rings. The lowest BCUT2D eigenvalue weighted by atomic mass is 9.90. The van der Waals surface area contributed by atoms with Gasteiger partial charge in [0.15, 0.2) is 5.82 Å². The summed E-state index contributed by atoms with van der Waals surface area (Å²) >= 11 is 0. The molecule has 4 heterocycles. The number of hydrogen-bond donors (Lipinski definition) is 1. The predicted octanol–water partition coefficient (Wildman–Crippen LogP) is 2.76. The molecule has 0 bridgehead atoms. The second kappa shape index (κ2) is 7.02. The fourth-order valence-corrected chi connectivity index (χ4v) is 3.71. The number of imidazole rings is 1. The van der Waals surface area contributed by atoms with Crippen molar-refractivity contribution in [2.24, 2.45) is 17.6 Å². The fraction of sp³-hybridized carbons (Fsp3) is 0.368. The minimum absolute atomic E-state index is 0.253. The van der Waals surface area contributed by atoms with Crippen molar-refractivity contribution in [3.8, 4) is 11.5 Å². The Balaban J connectivity index is 1.71. The molecular formula is C19H19F3N6O. The Morgan fingerprint density at radius 3 is 2.72 bits per heavy atom. The number of amides is 1. The highest BCUT2D eigenvalue weighted by Crippen LogP contribution is 2.31. The lowest BCUT2D eigenvalue weighted by Gasteiger charge is -2.35. The van der Waals surface area contributed by atoms with Gasteiger partial charge < -0.3 is 10.6 Å². The first-order valence-corrected chi connectivity index (χ1v) is 9.14. The number of nitrogens with zero attached hydrogens (tertiary/aromatic N) is 5. The van der Waals surface area contributed by atoms with Crippen LogP contribution in [0, 0.1) is 11.8 Å². The number of anilines is 1. The highest BCUT2D eigenvalue weighted by molar-refractivity contribution is 5.77. The first-order valence-electron chi connectivity index (χ1n) is 9.14. The molecule has 7 nitrogen and oxygen atoms in total. The van der Waals surface area contributed by atoms with Gasteiger partial charge >= 0.3 is 6.18 Å². The van der Waals surface area contributed by atoms with Gasteiger partial charge in [0.25, 0.3) is 0 Å². The van der Waals surface area contributed by atoms with Crippen LogP contribution in [0.25, 0.3) is 17.2 Å². The third-order valence-corrected chi connectivity index (χ3v) is 5.09. The molecule has 0 aliphatic carbocycles. The van der Waals surface area contributed by atoms with Gasteiger partial charge in [0, 0.05) is 25.5 Å². The van der Waals surface area contributed by atoms with Gasteiger partial charge in [-0.3, -0.25) is 9.20 Å². The summed E-state index contributed by atoms with van der Waals surface area (Å²) in [6.45, 7) is 3.18. The van der Waals surface area contributed by atoms with E-state index in [0.29, 0.717) is 30.2 Å². The van der Waals surface area contributed by atoms with Gasteiger partial charge in [-0.05, 0) is 30.5 Å². The molecule has 0 aromatic carbocycles. The highest BCUT2D eigenvalue weighted by Gasteiger charge is 2.32. The second-order valence-electron chi connectivity index (χ2n) is 7.37. The van der Waals surface area contributed by atoms with Crippen LogP contribution >= 0.6 is 0 Å². The number of alkyl halides is 3. The van der Waals surface area contributed by atoms with Crippen LogP contribution in [-0.4, -0.2) is 38.3 Å². The van der Waals surface area contributed by atoms with E-state index >= 15 is 0 Å². The van der Waals surface area contributed by atoms with Crippen molar-refractivity contribution in [2.75, 3.05) is 18.0 Å². The van der Waals surface area contributed by atoms with Crippen LogP contribution in [-0.2, 0) is 11.0 Å². The van der Waals surface area contributed by atoms with Gasteiger partial charge in [-0.25, -0.2) is 15.0 Å². The summed E-state index contributed by atoms with van der Waals surface area (Å²) in [7, 11) is 0. The lowest BCUT2D eigenvalue weighted by Crippen LogP contribution is -2.44. The zero-order valence-corrected chi connectivity index (χ0v) is 15.6. The zero-order valence-electron chi connectivity index (χ0n) is 15.6. The number of piperidine rings is 1. The maximum atomic E-state index is 13.1. The fourth-order valence-electron chi connectivity index (χ4n) is 3.71. The minimum Gasteiger partial charge on any atom is -0.369 e. The molecule has 29 heavy (non-hydrogen) atoms. The van der Waals surface area contributed by atoms with E-state index in [1.807, 2.05) is 11.8 Å². The third-order valence-electron chi connectivity index (χ3n) is 5.09. The number of nitrogens with two attached hydrogens (primary N) is 1. The van der Waals surface area contributed by atoms with Crippen molar-refractivity contribution < 1.29 is 18.0 Å². The molecule has 2 unspecified atom stereocenters. The Bertz CT molecular complexity index is 1060. The van der Waals surface area contributed by atoms with Gasteiger partial charge in [-0.15, -0.1) is 0 Å². The Hall–Kier alpha value is -3.17. The second-order valence-corrected chi connectivity index (χ2v) is 7.37. The van der Waals surface area contributed by atoms with Crippen molar-refractivity contribution in [1.29, 1.82) is 0 Å². The number of carbonyl (C=O) groups is 1. The van der Waals surface area contributed by atoms with Crippen LogP contribution in [0.15, 0.2) is 36.8 Å². The summed E-state index contributed by atoms with van der Waals surface area (Å²) in [5.74, 6) is 0.474. The van der Waals surface area contributed by atoms with Crippen molar-refractivity contribution in [1.82, 2.24) is 19.4 Å². The van der Waals surface area contributed by atoms with Gasteiger partial charge in [0.1, 0.15) is 17.2 Å². The molecule has 0 radical (unpaired) electrons. The van der Waals surface area contributed by atoms with E-state index in [0.717, 1.165) is 18.7 Å². The Labute approximate surface area is 164 Å². The molecule has 0 spiro atoms. The number of fused-ring (bicyclic) bond motifs is 1.